The van der Waals surface area contributed by atoms with Crippen molar-refractivity contribution in [3.8, 4) is 23.2 Å². The van der Waals surface area contributed by atoms with Crippen molar-refractivity contribution in [2.75, 3.05) is 0 Å². The van der Waals surface area contributed by atoms with Gasteiger partial charge >= 0.3 is 0 Å². The third-order valence-corrected chi connectivity index (χ3v) is 5.82. The van der Waals surface area contributed by atoms with Crippen LogP contribution in [0.3, 0.4) is 0 Å². The van der Waals surface area contributed by atoms with Crippen LogP contribution >= 0.6 is 11.6 Å². The summed E-state index contributed by atoms with van der Waals surface area (Å²) < 4.78 is 7.71. The molecule has 0 fully saturated rings. The molecule has 1 aliphatic rings. The largest absolute Gasteiger partial charge is 0.424 e. The lowest BCUT2D eigenvalue weighted by Gasteiger charge is -2.29. The number of ether oxygens (including phenoxy) is 1. The third-order valence-electron chi connectivity index (χ3n) is 5.57. The van der Waals surface area contributed by atoms with Gasteiger partial charge in [0.25, 0.3) is 0 Å². The predicted octanol–water partition coefficient (Wildman–Crippen LogP) is 5.29. The van der Waals surface area contributed by atoms with Crippen molar-refractivity contribution < 1.29 is 4.74 Å². The Morgan fingerprint density at radius 1 is 1.03 bits per heavy atom. The van der Waals surface area contributed by atoms with Gasteiger partial charge in [0.05, 0.1) is 18.2 Å². The first-order chi connectivity index (χ1) is 15.7. The molecule has 1 aliphatic heterocycles. The van der Waals surface area contributed by atoms with Gasteiger partial charge in [-0.15, -0.1) is 0 Å². The zero-order chi connectivity index (χ0) is 22.1. The number of nitriles is 1. The first-order valence-corrected chi connectivity index (χ1v) is 10.5. The minimum absolute atomic E-state index is 0.0876. The van der Waals surface area contributed by atoms with Crippen molar-refractivity contribution in [1.82, 2.24) is 14.8 Å². The highest BCUT2D eigenvalue weighted by Gasteiger charge is 2.42. The number of rotatable bonds is 4. The van der Waals surface area contributed by atoms with E-state index < -0.39 is 11.8 Å². The summed E-state index contributed by atoms with van der Waals surface area (Å²) in [5.74, 6) is -0.799. The van der Waals surface area contributed by atoms with Crippen LogP contribution in [-0.2, 0) is 6.54 Å². The average Bonchev–Trinajstić information content (AvgIpc) is 3.17. The van der Waals surface area contributed by atoms with Crippen LogP contribution in [-0.4, -0.2) is 20.7 Å². The number of nitrogens with one attached hydrogen (secondary N) is 1. The number of aromatic nitrogens is 3. The average molecular weight is 440 g/mol. The van der Waals surface area contributed by atoms with Crippen LogP contribution in [0.5, 0.6) is 5.88 Å². The molecule has 0 saturated heterocycles. The topological polar surface area (TPSA) is 87.6 Å². The number of fused-ring (bicyclic) bond motifs is 1. The maximum atomic E-state index is 9.94. The summed E-state index contributed by atoms with van der Waals surface area (Å²) in [5, 5.41) is 23.9. The van der Waals surface area contributed by atoms with E-state index in [0.29, 0.717) is 23.1 Å². The van der Waals surface area contributed by atoms with Gasteiger partial charge in [0.1, 0.15) is 11.6 Å². The predicted molar refractivity (Wildman–Crippen MR) is 122 cm³/mol. The van der Waals surface area contributed by atoms with Gasteiger partial charge in [-0.3, -0.25) is 10.4 Å². The zero-order valence-electron chi connectivity index (χ0n) is 16.9. The summed E-state index contributed by atoms with van der Waals surface area (Å²) in [6.07, 6.45) is 3.42. The molecule has 0 aliphatic carbocycles. The Kier molecular flexibility index (Phi) is 5.18. The minimum atomic E-state index is -0.779. The number of hydrogen-bond donors (Lipinski definition) is 1. The fourth-order valence-corrected chi connectivity index (χ4v) is 4.21. The summed E-state index contributed by atoms with van der Waals surface area (Å²) in [6, 6.07) is 23.4. The molecular formula is C25H18ClN5O. The zero-order valence-corrected chi connectivity index (χ0v) is 17.7. The minimum Gasteiger partial charge on any atom is -0.424 e. The number of benzene rings is 2. The highest BCUT2D eigenvalue weighted by molar-refractivity contribution is 6.30. The molecule has 2 atom stereocenters. The van der Waals surface area contributed by atoms with Crippen molar-refractivity contribution in [1.29, 1.82) is 10.7 Å². The molecule has 0 spiro atoms. The standard InChI is InChI=1S/C25H18ClN5O/c26-19-8-6-17(7-9-19)21-20(14-27)24(28)32-25-22(21)23(18-10-12-29-13-11-18)30-31(25)15-16-4-2-1-3-5-16/h1-13,20-21,28H,15H2. The quantitative estimate of drug-likeness (QED) is 0.468. The molecule has 2 aromatic carbocycles. The maximum absolute atomic E-state index is 9.94. The Labute approximate surface area is 190 Å². The molecular weight excluding hydrogens is 422 g/mol. The molecule has 7 heteroatoms. The molecule has 0 bridgehead atoms. The van der Waals surface area contributed by atoms with E-state index in [2.05, 4.69) is 11.1 Å². The maximum Gasteiger partial charge on any atom is 0.224 e. The van der Waals surface area contributed by atoms with Gasteiger partial charge in [-0.25, -0.2) is 4.68 Å². The van der Waals surface area contributed by atoms with E-state index in [9.17, 15) is 5.26 Å². The number of hydrogen-bond acceptors (Lipinski definition) is 5. The molecule has 1 N–H and O–H groups in total. The lowest BCUT2D eigenvalue weighted by molar-refractivity contribution is 0.406. The van der Waals surface area contributed by atoms with Crippen LogP contribution in [0.15, 0.2) is 79.1 Å². The van der Waals surface area contributed by atoms with Gasteiger partial charge in [0, 0.05) is 28.9 Å². The Hall–Kier alpha value is -3.95. The molecule has 3 heterocycles. The van der Waals surface area contributed by atoms with Crippen molar-refractivity contribution in [3.63, 3.8) is 0 Å². The van der Waals surface area contributed by atoms with Gasteiger partial charge in [-0.05, 0) is 35.4 Å². The lowest BCUT2D eigenvalue weighted by Crippen LogP contribution is -2.31. The fraction of sp³-hybridized carbons (Fsp3) is 0.120. The lowest BCUT2D eigenvalue weighted by atomic mass is 9.79. The third kappa shape index (κ3) is 3.53. The first kappa shape index (κ1) is 20.0. The smallest absolute Gasteiger partial charge is 0.224 e. The van der Waals surface area contributed by atoms with Crippen LogP contribution in [0.1, 0.15) is 22.6 Å². The molecule has 4 aromatic rings. The van der Waals surface area contributed by atoms with E-state index in [1.165, 1.54) is 0 Å². The Bertz CT molecular complexity index is 1310. The van der Waals surface area contributed by atoms with Crippen LogP contribution < -0.4 is 4.74 Å². The SMILES string of the molecule is N#CC1C(=N)Oc2c(c(-c3ccncc3)nn2Cc2ccccc2)C1c1ccc(Cl)cc1. The molecule has 6 nitrogen and oxygen atoms in total. The second-order valence-electron chi connectivity index (χ2n) is 7.55. The Morgan fingerprint density at radius 3 is 2.44 bits per heavy atom. The summed E-state index contributed by atoms with van der Waals surface area (Å²) in [7, 11) is 0. The second-order valence-corrected chi connectivity index (χ2v) is 7.99. The Morgan fingerprint density at radius 2 is 1.75 bits per heavy atom. The second kappa shape index (κ2) is 8.29. The van der Waals surface area contributed by atoms with Gasteiger partial charge in [0.15, 0.2) is 0 Å². The molecule has 0 amide bonds. The molecule has 2 aromatic heterocycles. The van der Waals surface area contributed by atoms with Crippen molar-refractivity contribution in [3.05, 3.63) is 101 Å². The highest BCUT2D eigenvalue weighted by atomic mass is 35.5. The van der Waals surface area contributed by atoms with E-state index in [1.54, 1.807) is 29.2 Å². The summed E-state index contributed by atoms with van der Waals surface area (Å²) in [6.45, 7) is 0.478. The fourth-order valence-electron chi connectivity index (χ4n) is 4.08. The Balaban J connectivity index is 1.74. The number of pyridine rings is 1. The van der Waals surface area contributed by atoms with E-state index in [4.69, 9.17) is 26.8 Å². The summed E-state index contributed by atoms with van der Waals surface area (Å²) >= 11 is 6.12. The summed E-state index contributed by atoms with van der Waals surface area (Å²) in [5.41, 5.74) is 4.31. The molecule has 0 radical (unpaired) electrons. The molecule has 0 saturated carbocycles. The van der Waals surface area contributed by atoms with E-state index in [-0.39, 0.29) is 5.90 Å². The van der Waals surface area contributed by atoms with Crippen LogP contribution in [0.4, 0.5) is 0 Å². The molecule has 2 unspecified atom stereocenters. The monoisotopic (exact) mass is 439 g/mol. The first-order valence-electron chi connectivity index (χ1n) is 10.1. The van der Waals surface area contributed by atoms with E-state index >= 15 is 0 Å². The van der Waals surface area contributed by atoms with E-state index in [1.807, 2.05) is 54.6 Å². The number of nitrogens with zero attached hydrogens (tertiary/aromatic N) is 4. The molecule has 32 heavy (non-hydrogen) atoms. The van der Waals surface area contributed by atoms with Gasteiger partial charge in [0.2, 0.25) is 11.8 Å². The van der Waals surface area contributed by atoms with Crippen molar-refractivity contribution in [2.24, 2.45) is 5.92 Å². The van der Waals surface area contributed by atoms with Crippen LogP contribution in [0, 0.1) is 22.7 Å². The van der Waals surface area contributed by atoms with Crippen LogP contribution in [0.2, 0.25) is 5.02 Å². The highest BCUT2D eigenvalue weighted by Crippen LogP contribution is 2.47. The van der Waals surface area contributed by atoms with Gasteiger partial charge in [-0.1, -0.05) is 54.1 Å². The van der Waals surface area contributed by atoms with Gasteiger partial charge in [-0.2, -0.15) is 10.4 Å². The van der Waals surface area contributed by atoms with Crippen molar-refractivity contribution in [2.45, 2.75) is 12.5 Å². The number of halogens is 1. The molecule has 156 valence electrons. The molecule has 5 rings (SSSR count). The van der Waals surface area contributed by atoms with Crippen LogP contribution in [0.25, 0.3) is 11.3 Å². The normalized spacial score (nSPS) is 17.3. The van der Waals surface area contributed by atoms with E-state index in [0.717, 1.165) is 22.3 Å². The van der Waals surface area contributed by atoms with Crippen molar-refractivity contribution >= 4 is 17.5 Å². The van der Waals surface area contributed by atoms with Gasteiger partial charge < -0.3 is 4.74 Å². The summed E-state index contributed by atoms with van der Waals surface area (Å²) in [4.78, 5) is 4.12.